The number of H-pyrrole nitrogens is 1. The van der Waals surface area contributed by atoms with Gasteiger partial charge in [0.2, 0.25) is 0 Å². The van der Waals surface area contributed by atoms with Gasteiger partial charge in [0.05, 0.1) is 5.69 Å². The molecule has 0 fully saturated rings. The Morgan fingerprint density at radius 3 is 2.94 bits per heavy atom. The molecule has 92 valence electrons. The van der Waals surface area contributed by atoms with Crippen molar-refractivity contribution < 1.29 is 0 Å². The lowest BCUT2D eigenvalue weighted by Gasteiger charge is -2.04. The maximum atomic E-state index is 11.6. The van der Waals surface area contributed by atoms with Crippen LogP contribution < -0.4 is 11.3 Å². The van der Waals surface area contributed by atoms with Crippen molar-refractivity contribution in [1.82, 2.24) is 9.97 Å². The van der Waals surface area contributed by atoms with Gasteiger partial charge < -0.3 is 10.7 Å². The quantitative estimate of drug-likeness (QED) is 0.448. The van der Waals surface area contributed by atoms with E-state index in [4.69, 9.17) is 11.0 Å². The molecule has 17 heavy (non-hydrogen) atoms. The SMILES string of the molecule is CCCc1nc(SCCCN)[nH]c(=O)c1C#N. The predicted molar refractivity (Wildman–Crippen MR) is 68.0 cm³/mol. The number of thioether (sulfide) groups is 1. The molecule has 0 atom stereocenters. The second kappa shape index (κ2) is 7.09. The van der Waals surface area contributed by atoms with Crippen LogP contribution in [-0.2, 0) is 6.42 Å². The molecule has 0 aliphatic heterocycles. The molecule has 0 aromatic carbocycles. The average Bonchev–Trinajstić information content (AvgIpc) is 2.30. The van der Waals surface area contributed by atoms with E-state index < -0.39 is 0 Å². The summed E-state index contributed by atoms with van der Waals surface area (Å²) in [5.41, 5.74) is 5.78. The molecule has 6 heteroatoms. The molecule has 0 amide bonds. The van der Waals surface area contributed by atoms with E-state index in [-0.39, 0.29) is 11.1 Å². The summed E-state index contributed by atoms with van der Waals surface area (Å²) in [6.07, 6.45) is 2.38. The molecular weight excluding hydrogens is 236 g/mol. The Bertz CT molecular complexity index is 464. The first-order chi connectivity index (χ1) is 8.22. The van der Waals surface area contributed by atoms with Crippen LogP contribution in [0.25, 0.3) is 0 Å². The van der Waals surface area contributed by atoms with Gasteiger partial charge in [-0.2, -0.15) is 5.26 Å². The van der Waals surface area contributed by atoms with Crippen LogP contribution in [0.4, 0.5) is 0 Å². The van der Waals surface area contributed by atoms with Crippen molar-refractivity contribution in [2.75, 3.05) is 12.3 Å². The van der Waals surface area contributed by atoms with Crippen molar-refractivity contribution in [2.24, 2.45) is 5.73 Å². The monoisotopic (exact) mass is 252 g/mol. The Labute approximate surface area is 104 Å². The number of hydrogen-bond acceptors (Lipinski definition) is 5. The number of nitrogens with two attached hydrogens (primary N) is 1. The maximum Gasteiger partial charge on any atom is 0.269 e. The molecule has 0 bridgehead atoms. The Kier molecular flexibility index (Phi) is 5.73. The molecule has 0 aliphatic carbocycles. The van der Waals surface area contributed by atoms with Crippen molar-refractivity contribution >= 4 is 11.8 Å². The molecule has 0 radical (unpaired) electrons. The Morgan fingerprint density at radius 2 is 2.35 bits per heavy atom. The third-order valence-electron chi connectivity index (χ3n) is 2.16. The molecular formula is C11H16N4OS. The van der Waals surface area contributed by atoms with Gasteiger partial charge in [-0.05, 0) is 19.4 Å². The van der Waals surface area contributed by atoms with Crippen LogP contribution in [0.3, 0.4) is 0 Å². The lowest BCUT2D eigenvalue weighted by molar-refractivity contribution is 0.808. The number of aryl methyl sites for hydroxylation is 1. The first-order valence-corrected chi connectivity index (χ1v) is 6.57. The normalized spacial score (nSPS) is 10.2. The minimum Gasteiger partial charge on any atom is -0.330 e. The van der Waals surface area contributed by atoms with E-state index in [1.165, 1.54) is 11.8 Å². The van der Waals surface area contributed by atoms with Gasteiger partial charge in [-0.25, -0.2) is 4.98 Å². The zero-order chi connectivity index (χ0) is 12.7. The van der Waals surface area contributed by atoms with E-state index in [0.29, 0.717) is 23.8 Å². The summed E-state index contributed by atoms with van der Waals surface area (Å²) in [7, 11) is 0. The standard InChI is InChI=1S/C11H16N4OS/c1-2-4-9-8(7-13)10(16)15-11(14-9)17-6-3-5-12/h2-6,12H2,1H3,(H,14,15,16). The van der Waals surface area contributed by atoms with Crippen LogP contribution >= 0.6 is 11.8 Å². The molecule has 1 rings (SSSR count). The van der Waals surface area contributed by atoms with Gasteiger partial charge in [0.1, 0.15) is 11.6 Å². The first-order valence-electron chi connectivity index (χ1n) is 5.59. The minimum atomic E-state index is -0.346. The summed E-state index contributed by atoms with van der Waals surface area (Å²) < 4.78 is 0. The van der Waals surface area contributed by atoms with Gasteiger partial charge >= 0.3 is 0 Å². The van der Waals surface area contributed by atoms with Gasteiger partial charge in [0.15, 0.2) is 5.16 Å². The summed E-state index contributed by atoms with van der Waals surface area (Å²) in [5.74, 6) is 0.816. The summed E-state index contributed by atoms with van der Waals surface area (Å²) >= 11 is 1.46. The van der Waals surface area contributed by atoms with Crippen LogP contribution in [0.2, 0.25) is 0 Å². The van der Waals surface area contributed by atoms with Crippen LogP contribution in [0.5, 0.6) is 0 Å². The number of rotatable bonds is 6. The highest BCUT2D eigenvalue weighted by Crippen LogP contribution is 2.14. The van der Waals surface area contributed by atoms with Crippen molar-refractivity contribution in [3.63, 3.8) is 0 Å². The molecule has 5 nitrogen and oxygen atoms in total. The van der Waals surface area contributed by atoms with E-state index in [9.17, 15) is 4.79 Å². The molecule has 0 saturated heterocycles. The van der Waals surface area contributed by atoms with Crippen molar-refractivity contribution in [3.05, 3.63) is 21.6 Å². The van der Waals surface area contributed by atoms with E-state index in [2.05, 4.69) is 9.97 Å². The molecule has 0 saturated carbocycles. The van der Waals surface area contributed by atoms with Crippen LogP contribution in [0.15, 0.2) is 9.95 Å². The van der Waals surface area contributed by atoms with E-state index in [1.807, 2.05) is 13.0 Å². The zero-order valence-electron chi connectivity index (χ0n) is 9.82. The number of nitrogens with one attached hydrogen (secondary N) is 1. The summed E-state index contributed by atoms with van der Waals surface area (Å²) in [6.45, 7) is 2.61. The molecule has 1 aromatic heterocycles. The lowest BCUT2D eigenvalue weighted by atomic mass is 10.1. The van der Waals surface area contributed by atoms with E-state index in [1.54, 1.807) is 0 Å². The minimum absolute atomic E-state index is 0.134. The van der Waals surface area contributed by atoms with Crippen LogP contribution in [0.1, 0.15) is 31.0 Å². The number of nitriles is 1. The van der Waals surface area contributed by atoms with E-state index in [0.717, 1.165) is 18.6 Å². The first kappa shape index (κ1) is 13.7. The van der Waals surface area contributed by atoms with Gasteiger partial charge in [0.25, 0.3) is 5.56 Å². The highest BCUT2D eigenvalue weighted by Gasteiger charge is 2.10. The van der Waals surface area contributed by atoms with Crippen LogP contribution in [-0.4, -0.2) is 22.3 Å². The zero-order valence-corrected chi connectivity index (χ0v) is 10.6. The Balaban J connectivity index is 2.95. The number of hydrogen-bond donors (Lipinski definition) is 2. The second-order valence-corrected chi connectivity index (χ2v) is 4.63. The number of aromatic nitrogens is 2. The highest BCUT2D eigenvalue weighted by molar-refractivity contribution is 7.99. The smallest absolute Gasteiger partial charge is 0.269 e. The summed E-state index contributed by atoms with van der Waals surface area (Å²) in [4.78, 5) is 18.6. The van der Waals surface area contributed by atoms with Gasteiger partial charge in [-0.1, -0.05) is 25.1 Å². The second-order valence-electron chi connectivity index (χ2n) is 3.55. The summed E-state index contributed by atoms with van der Waals surface area (Å²) in [5, 5.41) is 9.47. The van der Waals surface area contributed by atoms with Crippen molar-refractivity contribution in [1.29, 1.82) is 5.26 Å². The largest absolute Gasteiger partial charge is 0.330 e. The lowest BCUT2D eigenvalue weighted by Crippen LogP contribution is -2.16. The third kappa shape index (κ3) is 3.88. The highest BCUT2D eigenvalue weighted by atomic mass is 32.2. The third-order valence-corrected chi connectivity index (χ3v) is 3.12. The van der Waals surface area contributed by atoms with Crippen molar-refractivity contribution in [3.8, 4) is 6.07 Å². The fourth-order valence-electron chi connectivity index (χ4n) is 1.35. The Morgan fingerprint density at radius 1 is 1.59 bits per heavy atom. The predicted octanol–water partition coefficient (Wildman–Crippen LogP) is 1.03. The van der Waals surface area contributed by atoms with E-state index >= 15 is 0 Å². The molecule has 0 unspecified atom stereocenters. The van der Waals surface area contributed by atoms with Crippen molar-refractivity contribution in [2.45, 2.75) is 31.3 Å². The average molecular weight is 252 g/mol. The molecule has 0 spiro atoms. The van der Waals surface area contributed by atoms with Gasteiger partial charge in [-0.15, -0.1) is 0 Å². The fourth-order valence-corrected chi connectivity index (χ4v) is 2.19. The van der Waals surface area contributed by atoms with Gasteiger partial charge in [0, 0.05) is 5.75 Å². The summed E-state index contributed by atoms with van der Waals surface area (Å²) in [6, 6.07) is 1.91. The van der Waals surface area contributed by atoms with Crippen LogP contribution in [0, 0.1) is 11.3 Å². The number of aromatic amines is 1. The molecule has 3 N–H and O–H groups in total. The Hall–Kier alpha value is -1.32. The van der Waals surface area contributed by atoms with Gasteiger partial charge in [-0.3, -0.25) is 4.79 Å². The topological polar surface area (TPSA) is 95.6 Å². The maximum absolute atomic E-state index is 11.6. The molecule has 0 aliphatic rings. The fraction of sp³-hybridized carbons (Fsp3) is 0.545. The number of nitrogens with zero attached hydrogens (tertiary/aromatic N) is 2. The molecule has 1 heterocycles. The molecule has 1 aromatic rings.